The van der Waals surface area contributed by atoms with Gasteiger partial charge in [-0.05, 0) is 43.7 Å². The van der Waals surface area contributed by atoms with Crippen molar-refractivity contribution >= 4 is 5.97 Å². The molecule has 17 heavy (non-hydrogen) atoms. The van der Waals surface area contributed by atoms with Gasteiger partial charge in [-0.25, -0.2) is 4.79 Å². The molecule has 1 fully saturated rings. The second-order valence-electron chi connectivity index (χ2n) is 4.85. The van der Waals surface area contributed by atoms with Gasteiger partial charge in [-0.15, -0.1) is 0 Å². The number of hydrogen-bond acceptors (Lipinski definition) is 3. The summed E-state index contributed by atoms with van der Waals surface area (Å²) in [6, 6.07) is 3.57. The summed E-state index contributed by atoms with van der Waals surface area (Å²) in [7, 11) is 0. The highest BCUT2D eigenvalue weighted by Gasteiger charge is 2.42. The normalized spacial score (nSPS) is 29.1. The maximum absolute atomic E-state index is 11.4. The summed E-state index contributed by atoms with van der Waals surface area (Å²) in [4.78, 5) is 11.4. The third kappa shape index (κ3) is 2.69. The van der Waals surface area contributed by atoms with E-state index in [2.05, 4.69) is 6.92 Å². The van der Waals surface area contributed by atoms with Crippen molar-refractivity contribution in [3.63, 3.8) is 0 Å². The Hall–Kier alpha value is -1.29. The average molecular weight is 238 g/mol. The standard InChI is InChI=1S/C13H18O4/c1-10-4-6-13(7-5-10,12(14)15)17-9-11-3-2-8-16-11/h2-3,8,10H,4-7,9H2,1H3,(H,14,15). The first-order valence-corrected chi connectivity index (χ1v) is 6.02. The fraction of sp³-hybridized carbons (Fsp3) is 0.615. The highest BCUT2D eigenvalue weighted by molar-refractivity contribution is 5.77. The van der Waals surface area contributed by atoms with E-state index in [4.69, 9.17) is 9.15 Å². The topological polar surface area (TPSA) is 59.7 Å². The molecule has 0 bridgehead atoms. The zero-order valence-corrected chi connectivity index (χ0v) is 10.0. The molecule has 1 aromatic heterocycles. The zero-order valence-electron chi connectivity index (χ0n) is 10.0. The van der Waals surface area contributed by atoms with E-state index in [1.54, 1.807) is 18.4 Å². The fourth-order valence-electron chi connectivity index (χ4n) is 2.25. The van der Waals surface area contributed by atoms with Gasteiger partial charge < -0.3 is 14.3 Å². The predicted molar refractivity (Wildman–Crippen MR) is 61.5 cm³/mol. The quantitative estimate of drug-likeness (QED) is 0.876. The Kier molecular flexibility index (Phi) is 3.52. The molecule has 0 aliphatic heterocycles. The largest absolute Gasteiger partial charge is 0.479 e. The molecule has 1 aromatic rings. The Morgan fingerprint density at radius 2 is 2.29 bits per heavy atom. The Balaban J connectivity index is 2.00. The summed E-state index contributed by atoms with van der Waals surface area (Å²) in [6.07, 6.45) is 4.55. The van der Waals surface area contributed by atoms with Gasteiger partial charge in [0.05, 0.1) is 6.26 Å². The molecule has 94 valence electrons. The van der Waals surface area contributed by atoms with Gasteiger partial charge in [-0.3, -0.25) is 0 Å². The minimum absolute atomic E-state index is 0.230. The van der Waals surface area contributed by atoms with Crippen LogP contribution in [0.15, 0.2) is 22.8 Å². The molecule has 0 aromatic carbocycles. The first-order chi connectivity index (χ1) is 8.12. The predicted octanol–water partition coefficient (Wildman–Crippen LogP) is 2.83. The van der Waals surface area contributed by atoms with Crippen LogP contribution in [-0.2, 0) is 16.1 Å². The van der Waals surface area contributed by atoms with E-state index < -0.39 is 11.6 Å². The highest BCUT2D eigenvalue weighted by Crippen LogP contribution is 2.35. The lowest BCUT2D eigenvalue weighted by Gasteiger charge is -2.35. The first-order valence-electron chi connectivity index (χ1n) is 6.02. The number of furan rings is 1. The number of aliphatic carboxylic acids is 1. The van der Waals surface area contributed by atoms with E-state index >= 15 is 0 Å². The van der Waals surface area contributed by atoms with Crippen molar-refractivity contribution in [2.24, 2.45) is 5.92 Å². The minimum Gasteiger partial charge on any atom is -0.479 e. The number of hydrogen-bond donors (Lipinski definition) is 1. The molecule has 4 heteroatoms. The maximum atomic E-state index is 11.4. The molecule has 0 spiro atoms. The van der Waals surface area contributed by atoms with Crippen molar-refractivity contribution in [3.8, 4) is 0 Å². The van der Waals surface area contributed by atoms with Crippen molar-refractivity contribution in [1.82, 2.24) is 0 Å². The van der Waals surface area contributed by atoms with E-state index in [1.807, 2.05) is 0 Å². The van der Waals surface area contributed by atoms with Crippen LogP contribution in [0.2, 0.25) is 0 Å². The third-order valence-electron chi connectivity index (χ3n) is 3.54. The van der Waals surface area contributed by atoms with E-state index in [9.17, 15) is 9.90 Å². The molecule has 1 N–H and O–H groups in total. The Morgan fingerprint density at radius 3 is 2.82 bits per heavy atom. The molecular formula is C13H18O4. The zero-order chi connectivity index (χ0) is 12.3. The third-order valence-corrected chi connectivity index (χ3v) is 3.54. The highest BCUT2D eigenvalue weighted by atomic mass is 16.5. The van der Waals surface area contributed by atoms with Crippen molar-refractivity contribution in [3.05, 3.63) is 24.2 Å². The van der Waals surface area contributed by atoms with Crippen LogP contribution in [0.4, 0.5) is 0 Å². The number of carboxylic acids is 1. The van der Waals surface area contributed by atoms with Crippen molar-refractivity contribution < 1.29 is 19.1 Å². The molecule has 1 aliphatic carbocycles. The molecule has 0 amide bonds. The van der Waals surface area contributed by atoms with Gasteiger partial charge in [-0.2, -0.15) is 0 Å². The van der Waals surface area contributed by atoms with Gasteiger partial charge in [0, 0.05) is 0 Å². The molecule has 0 unspecified atom stereocenters. The van der Waals surface area contributed by atoms with Crippen LogP contribution in [0, 0.1) is 5.92 Å². The van der Waals surface area contributed by atoms with Crippen molar-refractivity contribution in [1.29, 1.82) is 0 Å². The second kappa shape index (κ2) is 4.92. The number of rotatable bonds is 4. The lowest BCUT2D eigenvalue weighted by molar-refractivity contribution is -0.175. The number of carbonyl (C=O) groups is 1. The summed E-state index contributed by atoms with van der Waals surface area (Å²) in [5.74, 6) is 0.412. The number of carboxylic acid groups (broad SMARTS) is 1. The smallest absolute Gasteiger partial charge is 0.335 e. The van der Waals surface area contributed by atoms with Gasteiger partial charge >= 0.3 is 5.97 Å². The maximum Gasteiger partial charge on any atom is 0.335 e. The van der Waals surface area contributed by atoms with Crippen molar-refractivity contribution in [2.45, 2.75) is 44.8 Å². The monoisotopic (exact) mass is 238 g/mol. The summed E-state index contributed by atoms with van der Waals surface area (Å²) < 4.78 is 10.8. The molecule has 1 heterocycles. The van der Waals surface area contributed by atoms with Gasteiger partial charge in [0.15, 0.2) is 5.60 Å². The van der Waals surface area contributed by atoms with Crippen LogP contribution >= 0.6 is 0 Å². The van der Waals surface area contributed by atoms with Crippen LogP contribution in [0.3, 0.4) is 0 Å². The van der Waals surface area contributed by atoms with Crippen LogP contribution < -0.4 is 0 Å². The van der Waals surface area contributed by atoms with Crippen LogP contribution in [-0.4, -0.2) is 16.7 Å². The van der Waals surface area contributed by atoms with Gasteiger partial charge in [-0.1, -0.05) is 6.92 Å². The van der Waals surface area contributed by atoms with E-state index in [1.165, 1.54) is 0 Å². The van der Waals surface area contributed by atoms with Crippen LogP contribution in [0.25, 0.3) is 0 Å². The van der Waals surface area contributed by atoms with Crippen LogP contribution in [0.5, 0.6) is 0 Å². The molecule has 1 saturated carbocycles. The first kappa shape index (κ1) is 12.2. The molecule has 0 radical (unpaired) electrons. The molecule has 1 aliphatic rings. The number of ether oxygens (including phenoxy) is 1. The summed E-state index contributed by atoms with van der Waals surface area (Å²) in [5.41, 5.74) is -1.01. The SMILES string of the molecule is CC1CCC(OCc2ccco2)(C(=O)O)CC1. The average Bonchev–Trinajstić information content (AvgIpc) is 2.81. The molecule has 4 nitrogen and oxygen atoms in total. The van der Waals surface area contributed by atoms with Crippen molar-refractivity contribution in [2.75, 3.05) is 0 Å². The van der Waals surface area contributed by atoms with Gasteiger partial charge in [0.25, 0.3) is 0 Å². The van der Waals surface area contributed by atoms with E-state index in [-0.39, 0.29) is 6.61 Å². The molecular weight excluding hydrogens is 220 g/mol. The Labute approximate surface area is 101 Å². The summed E-state index contributed by atoms with van der Waals surface area (Å²) in [5, 5.41) is 9.35. The Bertz CT molecular complexity index is 361. The molecule has 2 rings (SSSR count). The lowest BCUT2D eigenvalue weighted by atomic mass is 9.79. The molecule has 0 atom stereocenters. The summed E-state index contributed by atoms with van der Waals surface area (Å²) >= 11 is 0. The minimum atomic E-state index is -1.01. The van der Waals surface area contributed by atoms with Crippen LogP contribution in [0.1, 0.15) is 38.4 Å². The fourth-order valence-corrected chi connectivity index (χ4v) is 2.25. The lowest BCUT2D eigenvalue weighted by Crippen LogP contribution is -2.44. The van der Waals surface area contributed by atoms with E-state index in [0.717, 1.165) is 12.8 Å². The second-order valence-corrected chi connectivity index (χ2v) is 4.85. The van der Waals surface area contributed by atoms with Gasteiger partial charge in [0.2, 0.25) is 0 Å². The molecule has 0 saturated heterocycles. The van der Waals surface area contributed by atoms with E-state index in [0.29, 0.717) is 24.5 Å². The summed E-state index contributed by atoms with van der Waals surface area (Å²) in [6.45, 7) is 2.38. The Morgan fingerprint density at radius 1 is 1.59 bits per heavy atom. The van der Waals surface area contributed by atoms with Gasteiger partial charge in [0.1, 0.15) is 12.4 Å².